The van der Waals surface area contributed by atoms with Gasteiger partial charge >= 0.3 is 5.97 Å². The summed E-state index contributed by atoms with van der Waals surface area (Å²) in [6, 6.07) is 5.42. The molecule has 0 aliphatic carbocycles. The van der Waals surface area contributed by atoms with Gasteiger partial charge < -0.3 is 29.8 Å². The van der Waals surface area contributed by atoms with Crippen LogP contribution in [-0.4, -0.2) is 50.9 Å². The maximum absolute atomic E-state index is 13.7. The van der Waals surface area contributed by atoms with Crippen LogP contribution in [0.1, 0.15) is 90.2 Å². The average Bonchev–Trinajstić information content (AvgIpc) is 3.35. The Morgan fingerprint density at radius 3 is 2.67 bits per heavy atom. The number of hydrogen-bond acceptors (Lipinski definition) is 9. The number of hydrogen-bond donors (Lipinski definition) is 3. The number of carbonyl (C=O) groups excluding carboxylic acids is 2. The van der Waals surface area contributed by atoms with E-state index in [0.29, 0.717) is 42.7 Å². The Morgan fingerprint density at radius 1 is 1.23 bits per heavy atom. The summed E-state index contributed by atoms with van der Waals surface area (Å²) in [7, 11) is 0. The van der Waals surface area contributed by atoms with E-state index in [2.05, 4.69) is 10.9 Å². The molecule has 40 heavy (non-hydrogen) atoms. The number of rotatable bonds is 4. The molecule has 0 spiro atoms. The van der Waals surface area contributed by atoms with Crippen LogP contribution < -0.4 is 5.73 Å². The lowest BCUT2D eigenvalue weighted by Gasteiger charge is -2.36. The summed E-state index contributed by atoms with van der Waals surface area (Å²) in [5.74, 6) is 1.12. The van der Waals surface area contributed by atoms with Crippen molar-refractivity contribution in [2.24, 2.45) is 23.0 Å². The van der Waals surface area contributed by atoms with E-state index < -0.39 is 35.6 Å². The Bertz CT molecular complexity index is 1260. The molecule has 1 aromatic heterocycles. The molecule has 2 fully saturated rings. The highest BCUT2D eigenvalue weighted by Crippen LogP contribution is 2.47. The minimum absolute atomic E-state index is 0.127. The third kappa shape index (κ3) is 6.41. The molecule has 7 atom stereocenters. The van der Waals surface area contributed by atoms with Gasteiger partial charge in [0, 0.05) is 18.8 Å². The van der Waals surface area contributed by atoms with Crippen LogP contribution >= 0.6 is 0 Å². The smallest absolute Gasteiger partial charge is 0.309 e. The molecule has 2 aromatic rings. The molecule has 1 aromatic carbocycles. The monoisotopic (exact) mass is 554 g/mol. The zero-order valence-corrected chi connectivity index (χ0v) is 23.9. The minimum Gasteiger partial charge on any atom is -0.457 e. The van der Waals surface area contributed by atoms with Crippen LogP contribution in [0.2, 0.25) is 0 Å². The second-order valence-corrected chi connectivity index (χ2v) is 12.2. The first kappa shape index (κ1) is 30.2. The lowest BCUT2D eigenvalue weighted by atomic mass is 9.71. The molecule has 2 aliphatic rings. The summed E-state index contributed by atoms with van der Waals surface area (Å²) in [6.45, 7) is 7.35. The summed E-state index contributed by atoms with van der Waals surface area (Å²) in [5, 5.41) is 22.3. The van der Waals surface area contributed by atoms with Gasteiger partial charge in [-0.25, -0.2) is 4.98 Å². The topological polar surface area (TPSA) is 148 Å². The van der Waals surface area contributed by atoms with E-state index in [1.54, 1.807) is 19.9 Å². The second kappa shape index (κ2) is 12.0. The van der Waals surface area contributed by atoms with Crippen molar-refractivity contribution in [3.63, 3.8) is 0 Å². The first-order valence-electron chi connectivity index (χ1n) is 14.2. The van der Waals surface area contributed by atoms with E-state index in [9.17, 15) is 19.8 Å². The predicted octanol–water partition coefficient (Wildman–Crippen LogP) is 3.98. The first-order valence-corrected chi connectivity index (χ1v) is 14.2. The van der Waals surface area contributed by atoms with E-state index in [-0.39, 0.29) is 36.4 Å². The molecule has 1 unspecified atom stereocenters. The molecular formula is C31H42N2O7. The standard InChI is InChI=1S/C31H42N2O7/c1-6-7-10-20-28(36)18(2)9-8-13-31(5)25(40-31)15-23(39-27(35)16-24(34)30(3,4)29(20)37)19-11-12-22-21(14-19)33-26(17-32)38-22/h1,11-12,14,18,20,23-25,28,34,36H,7-10,13,15-17,32H2,2-5H3/t18?,20-,23+,24+,25+,28+,31-/m1/s1. The van der Waals surface area contributed by atoms with Crippen LogP contribution in [0.25, 0.3) is 11.1 Å². The van der Waals surface area contributed by atoms with Crippen molar-refractivity contribution in [3.05, 3.63) is 29.7 Å². The molecule has 3 heterocycles. The normalized spacial score (nSPS) is 33.6. The number of epoxide rings is 1. The Balaban J connectivity index is 1.63. The van der Waals surface area contributed by atoms with Gasteiger partial charge in [-0.3, -0.25) is 9.59 Å². The number of ketones is 1. The average molecular weight is 555 g/mol. The summed E-state index contributed by atoms with van der Waals surface area (Å²) in [4.78, 5) is 31.3. The zero-order valence-electron chi connectivity index (χ0n) is 23.9. The number of benzene rings is 1. The molecule has 9 nitrogen and oxygen atoms in total. The number of esters is 1. The number of aromatic nitrogens is 1. The lowest BCUT2D eigenvalue weighted by Crippen LogP contribution is -2.46. The van der Waals surface area contributed by atoms with Crippen molar-refractivity contribution < 1.29 is 33.7 Å². The van der Waals surface area contributed by atoms with Gasteiger partial charge in [0.25, 0.3) is 0 Å². The SMILES string of the molecule is C#CCC[C@H]1C(=O)C(C)(C)[C@@H](O)CC(=O)O[C@H](c2ccc3oc(CN)nc3c2)C[C@@H]2O[C@]2(C)CCCC(C)[C@@H]1O. The number of carbonyl (C=O) groups is 2. The van der Waals surface area contributed by atoms with Crippen LogP contribution in [0.3, 0.4) is 0 Å². The molecule has 0 amide bonds. The quantitative estimate of drug-likeness (QED) is 0.290. The first-order chi connectivity index (χ1) is 18.9. The number of terminal acetylenes is 1. The number of nitrogens with two attached hydrogens (primary N) is 1. The van der Waals surface area contributed by atoms with E-state index in [0.717, 1.165) is 18.4 Å². The number of cyclic esters (lactones) is 1. The third-order valence-corrected chi connectivity index (χ3v) is 8.83. The highest BCUT2D eigenvalue weighted by Gasteiger charge is 2.53. The highest BCUT2D eigenvalue weighted by molar-refractivity contribution is 5.88. The number of fused-ring (bicyclic) bond motifs is 2. The van der Waals surface area contributed by atoms with E-state index in [1.807, 2.05) is 26.0 Å². The van der Waals surface area contributed by atoms with Gasteiger partial charge in [-0.2, -0.15) is 0 Å². The molecule has 0 saturated carbocycles. The van der Waals surface area contributed by atoms with Gasteiger partial charge in [-0.15, -0.1) is 12.3 Å². The van der Waals surface area contributed by atoms with Crippen LogP contribution in [0, 0.1) is 29.6 Å². The maximum Gasteiger partial charge on any atom is 0.309 e. The van der Waals surface area contributed by atoms with E-state index in [1.165, 1.54) is 0 Å². The van der Waals surface area contributed by atoms with Crippen molar-refractivity contribution in [3.8, 4) is 12.3 Å². The van der Waals surface area contributed by atoms with Crippen LogP contribution in [-0.2, 0) is 25.6 Å². The second-order valence-electron chi connectivity index (χ2n) is 12.2. The third-order valence-electron chi connectivity index (χ3n) is 8.83. The van der Waals surface area contributed by atoms with Crippen molar-refractivity contribution in [1.82, 2.24) is 4.98 Å². The Labute approximate surface area is 235 Å². The van der Waals surface area contributed by atoms with E-state index in [4.69, 9.17) is 26.0 Å². The summed E-state index contributed by atoms with van der Waals surface area (Å²) in [6.07, 6.45) is 5.43. The number of ether oxygens (including phenoxy) is 2. The number of Topliss-reactive ketones (excluding diaryl/α,β-unsaturated/α-hetero) is 1. The van der Waals surface area contributed by atoms with Gasteiger partial charge in [-0.05, 0) is 49.8 Å². The van der Waals surface area contributed by atoms with Gasteiger partial charge in [0.15, 0.2) is 5.58 Å². The fourth-order valence-corrected chi connectivity index (χ4v) is 5.83. The van der Waals surface area contributed by atoms with Gasteiger partial charge in [0.1, 0.15) is 17.4 Å². The van der Waals surface area contributed by atoms with Crippen LogP contribution in [0.5, 0.6) is 0 Å². The summed E-state index contributed by atoms with van der Waals surface area (Å²) < 4.78 is 17.7. The van der Waals surface area contributed by atoms with Gasteiger partial charge in [0.2, 0.25) is 5.89 Å². The van der Waals surface area contributed by atoms with Crippen molar-refractivity contribution in [1.29, 1.82) is 0 Å². The lowest BCUT2D eigenvalue weighted by molar-refractivity contribution is -0.156. The molecule has 0 bridgehead atoms. The largest absolute Gasteiger partial charge is 0.457 e. The number of nitrogens with zero attached hydrogens (tertiary/aromatic N) is 1. The zero-order chi connectivity index (χ0) is 29.2. The fourth-order valence-electron chi connectivity index (χ4n) is 5.83. The molecule has 2 aliphatic heterocycles. The van der Waals surface area contributed by atoms with Crippen LogP contribution in [0.15, 0.2) is 22.6 Å². The number of oxazole rings is 1. The highest BCUT2D eigenvalue weighted by atomic mass is 16.6. The van der Waals surface area contributed by atoms with Crippen LogP contribution in [0.4, 0.5) is 0 Å². The number of aliphatic hydroxyl groups excluding tert-OH is 2. The summed E-state index contributed by atoms with van der Waals surface area (Å²) >= 11 is 0. The fraction of sp³-hybridized carbons (Fsp3) is 0.645. The Hall–Kier alpha value is -2.77. The molecular weight excluding hydrogens is 512 g/mol. The van der Waals surface area contributed by atoms with E-state index >= 15 is 0 Å². The molecule has 4 rings (SSSR count). The molecule has 4 N–H and O–H groups in total. The van der Waals surface area contributed by atoms with Crippen molar-refractivity contribution in [2.75, 3.05) is 0 Å². The molecule has 0 radical (unpaired) electrons. The Morgan fingerprint density at radius 2 is 1.98 bits per heavy atom. The van der Waals surface area contributed by atoms with Crippen molar-refractivity contribution in [2.45, 2.75) is 109 Å². The van der Waals surface area contributed by atoms with Crippen molar-refractivity contribution >= 4 is 22.9 Å². The number of aliphatic hydroxyl groups is 2. The van der Waals surface area contributed by atoms with Gasteiger partial charge in [0.05, 0.1) is 42.3 Å². The predicted molar refractivity (Wildman–Crippen MR) is 149 cm³/mol. The Kier molecular flexibility index (Phi) is 9.05. The van der Waals surface area contributed by atoms with Gasteiger partial charge in [-0.1, -0.05) is 33.3 Å². The maximum atomic E-state index is 13.7. The minimum atomic E-state index is -1.32. The summed E-state index contributed by atoms with van der Waals surface area (Å²) in [5.41, 5.74) is 5.92. The molecule has 218 valence electrons. The molecule has 2 saturated heterocycles. The molecule has 9 heteroatoms.